The van der Waals surface area contributed by atoms with E-state index in [1.165, 1.54) is 41.6 Å². The van der Waals surface area contributed by atoms with Crippen LogP contribution in [0.2, 0.25) is 0 Å². The van der Waals surface area contributed by atoms with E-state index >= 15 is 4.39 Å². The van der Waals surface area contributed by atoms with Gasteiger partial charge < -0.3 is 25.8 Å². The molecule has 36 heavy (non-hydrogen) atoms. The first kappa shape index (κ1) is 23.4. The first-order chi connectivity index (χ1) is 17.4. The van der Waals surface area contributed by atoms with Gasteiger partial charge in [0.1, 0.15) is 17.7 Å². The van der Waals surface area contributed by atoms with Gasteiger partial charge in [0, 0.05) is 36.0 Å². The average Bonchev–Trinajstić information content (AvgIpc) is 3.42. The van der Waals surface area contributed by atoms with Crippen LogP contribution in [-0.4, -0.2) is 51.3 Å². The van der Waals surface area contributed by atoms with Crippen molar-refractivity contribution in [2.45, 2.75) is 13.0 Å². The monoisotopic (exact) mass is 494 g/mol. The number of anilines is 3. The molecule has 0 amide bonds. The molecule has 3 aromatic heterocycles. The van der Waals surface area contributed by atoms with Crippen molar-refractivity contribution in [2.24, 2.45) is 0 Å². The Hall–Kier alpha value is -4.32. The highest BCUT2D eigenvalue weighted by Crippen LogP contribution is 2.35. The lowest BCUT2D eigenvalue weighted by Gasteiger charge is -2.28. The number of nitrogens with two attached hydrogens (primary N) is 2. The third-order valence-electron chi connectivity index (χ3n) is 5.83. The minimum absolute atomic E-state index is 0.0941. The van der Waals surface area contributed by atoms with E-state index in [2.05, 4.69) is 20.2 Å². The number of hydrogen-bond acceptors (Lipinski definition) is 9. The number of halogens is 2. The Kier molecular flexibility index (Phi) is 6.34. The molecule has 1 saturated heterocycles. The van der Waals surface area contributed by atoms with Gasteiger partial charge in [-0.15, -0.1) is 0 Å². The van der Waals surface area contributed by atoms with Gasteiger partial charge in [-0.3, -0.25) is 0 Å². The smallest absolute Gasteiger partial charge is 0.173 e. The minimum Gasteiger partial charge on any atom is -0.482 e. The van der Waals surface area contributed by atoms with Crippen LogP contribution in [0.4, 0.5) is 26.2 Å². The second kappa shape index (κ2) is 9.74. The number of ether oxygens (including phenoxy) is 2. The molecular formula is C24H24F2N8O2. The highest BCUT2D eigenvalue weighted by Gasteiger charge is 2.23. The summed E-state index contributed by atoms with van der Waals surface area (Å²) in [7, 11) is 0. The van der Waals surface area contributed by atoms with Gasteiger partial charge >= 0.3 is 0 Å². The number of aromatic nitrogens is 5. The minimum atomic E-state index is -0.669. The van der Waals surface area contributed by atoms with Crippen LogP contribution in [-0.2, 0) is 4.74 Å². The third-order valence-corrected chi connectivity index (χ3v) is 5.83. The van der Waals surface area contributed by atoms with Crippen LogP contribution in [0.5, 0.6) is 5.75 Å². The van der Waals surface area contributed by atoms with Crippen LogP contribution in [0.1, 0.15) is 18.6 Å². The van der Waals surface area contributed by atoms with Crippen LogP contribution in [0.15, 0.2) is 48.9 Å². The maximum atomic E-state index is 15.6. The standard InChI is InChI=1S/C24H24F2N8O2/c1-14(17-11-16(25)2-3-19(17)34-30-4-5-31-34)36-20-10-15(13-29-23(20)28)18-12-21(27)32-24(22(18)26)33-6-8-35-9-7-33/h2-5,10-14H,6-9H2,1H3,(H2,27,32)(H2,28,29)/t14-/m1/s1. The van der Waals surface area contributed by atoms with Crippen LogP contribution in [0.3, 0.4) is 0 Å². The first-order valence-corrected chi connectivity index (χ1v) is 11.3. The van der Waals surface area contributed by atoms with E-state index in [0.717, 1.165) is 0 Å². The van der Waals surface area contributed by atoms with Crippen molar-refractivity contribution in [1.29, 1.82) is 0 Å². The zero-order valence-electron chi connectivity index (χ0n) is 19.4. The molecule has 0 spiro atoms. The largest absolute Gasteiger partial charge is 0.482 e. The van der Waals surface area contributed by atoms with Crippen LogP contribution in [0.25, 0.3) is 16.8 Å². The van der Waals surface area contributed by atoms with Crippen molar-refractivity contribution >= 4 is 17.5 Å². The fourth-order valence-electron chi connectivity index (χ4n) is 4.05. The Balaban J connectivity index is 1.49. The zero-order chi connectivity index (χ0) is 25.2. The van der Waals surface area contributed by atoms with Crippen molar-refractivity contribution in [2.75, 3.05) is 42.7 Å². The Morgan fingerprint density at radius 2 is 1.81 bits per heavy atom. The summed E-state index contributed by atoms with van der Waals surface area (Å²) < 4.78 is 41.1. The SMILES string of the molecule is C[C@@H](Oc1cc(-c2cc(N)nc(N3CCOCC3)c2F)cnc1N)c1cc(F)ccc1-n1nccn1. The van der Waals surface area contributed by atoms with Gasteiger partial charge in [0.05, 0.1) is 31.3 Å². The second-order valence-corrected chi connectivity index (χ2v) is 8.22. The van der Waals surface area contributed by atoms with Gasteiger partial charge in [0.2, 0.25) is 0 Å². The van der Waals surface area contributed by atoms with E-state index in [9.17, 15) is 4.39 Å². The molecule has 0 aliphatic carbocycles. The highest BCUT2D eigenvalue weighted by atomic mass is 19.1. The molecule has 0 bridgehead atoms. The molecule has 0 saturated carbocycles. The molecule has 186 valence electrons. The molecule has 0 unspecified atom stereocenters. The van der Waals surface area contributed by atoms with Crippen LogP contribution < -0.4 is 21.1 Å². The summed E-state index contributed by atoms with van der Waals surface area (Å²) in [6, 6.07) is 7.23. The molecule has 1 aliphatic heterocycles. The zero-order valence-corrected chi connectivity index (χ0v) is 19.4. The number of nitrogens with zero attached hydrogens (tertiary/aromatic N) is 6. The van der Waals surface area contributed by atoms with E-state index in [0.29, 0.717) is 43.1 Å². The molecule has 0 radical (unpaired) electrons. The second-order valence-electron chi connectivity index (χ2n) is 8.22. The molecule has 4 N–H and O–H groups in total. The lowest BCUT2D eigenvalue weighted by molar-refractivity contribution is 0.122. The Bertz CT molecular complexity index is 1380. The quantitative estimate of drug-likeness (QED) is 0.415. The normalized spacial score (nSPS) is 14.6. The summed E-state index contributed by atoms with van der Waals surface area (Å²) in [5.74, 6) is -0.369. The van der Waals surface area contributed by atoms with Crippen molar-refractivity contribution in [1.82, 2.24) is 25.0 Å². The van der Waals surface area contributed by atoms with Crippen molar-refractivity contribution in [3.63, 3.8) is 0 Å². The summed E-state index contributed by atoms with van der Waals surface area (Å²) in [6.07, 6.45) is 3.81. The summed E-state index contributed by atoms with van der Waals surface area (Å²) >= 11 is 0. The van der Waals surface area contributed by atoms with Gasteiger partial charge in [0.15, 0.2) is 23.2 Å². The maximum Gasteiger partial charge on any atom is 0.173 e. The molecule has 1 aromatic carbocycles. The Labute approximate surface area is 205 Å². The summed E-state index contributed by atoms with van der Waals surface area (Å²) in [4.78, 5) is 11.6. The predicted molar refractivity (Wildman–Crippen MR) is 130 cm³/mol. The van der Waals surface area contributed by atoms with Gasteiger partial charge in [-0.25, -0.2) is 18.7 Å². The summed E-state index contributed by atoms with van der Waals surface area (Å²) in [5.41, 5.74) is 13.7. The number of nitrogen functional groups attached to an aromatic ring is 2. The van der Waals surface area contributed by atoms with E-state index in [-0.39, 0.29) is 28.8 Å². The molecule has 1 fully saturated rings. The van der Waals surface area contributed by atoms with E-state index in [1.807, 2.05) is 0 Å². The molecule has 1 atom stereocenters. The highest BCUT2D eigenvalue weighted by molar-refractivity contribution is 5.73. The number of benzene rings is 1. The molecular weight excluding hydrogens is 470 g/mol. The lowest BCUT2D eigenvalue weighted by Crippen LogP contribution is -2.37. The Morgan fingerprint density at radius 3 is 2.56 bits per heavy atom. The van der Waals surface area contributed by atoms with Gasteiger partial charge in [0.25, 0.3) is 0 Å². The van der Waals surface area contributed by atoms with Gasteiger partial charge in [-0.05, 0) is 37.3 Å². The average molecular weight is 495 g/mol. The number of pyridine rings is 2. The fourth-order valence-corrected chi connectivity index (χ4v) is 4.05. The molecule has 5 rings (SSSR count). The third kappa shape index (κ3) is 4.62. The molecule has 12 heteroatoms. The maximum absolute atomic E-state index is 15.6. The molecule has 4 heterocycles. The summed E-state index contributed by atoms with van der Waals surface area (Å²) in [5, 5.41) is 8.24. The van der Waals surface area contributed by atoms with E-state index in [4.69, 9.17) is 20.9 Å². The number of morpholine rings is 1. The van der Waals surface area contributed by atoms with Crippen molar-refractivity contribution in [3.8, 4) is 22.6 Å². The lowest BCUT2D eigenvalue weighted by atomic mass is 10.1. The Morgan fingerprint density at radius 1 is 1.06 bits per heavy atom. The fraction of sp³-hybridized carbons (Fsp3) is 0.250. The molecule has 1 aliphatic rings. The predicted octanol–water partition coefficient (Wildman–Crippen LogP) is 3.14. The van der Waals surface area contributed by atoms with Crippen LogP contribution in [0, 0.1) is 11.6 Å². The number of rotatable bonds is 6. The first-order valence-electron chi connectivity index (χ1n) is 11.3. The summed E-state index contributed by atoms with van der Waals surface area (Å²) in [6.45, 7) is 3.68. The van der Waals surface area contributed by atoms with Gasteiger partial charge in [-0.1, -0.05) is 0 Å². The number of hydrogen-bond donors (Lipinski definition) is 2. The van der Waals surface area contributed by atoms with E-state index in [1.54, 1.807) is 24.0 Å². The molecule has 4 aromatic rings. The van der Waals surface area contributed by atoms with Crippen LogP contribution >= 0.6 is 0 Å². The van der Waals surface area contributed by atoms with E-state index < -0.39 is 17.7 Å². The van der Waals surface area contributed by atoms with Crippen molar-refractivity contribution in [3.05, 3.63) is 66.1 Å². The topological polar surface area (TPSA) is 130 Å². The molecule has 10 nitrogen and oxygen atoms in total. The van der Waals surface area contributed by atoms with Crippen molar-refractivity contribution < 1.29 is 18.3 Å². The van der Waals surface area contributed by atoms with Gasteiger partial charge in [-0.2, -0.15) is 15.0 Å².